The van der Waals surface area contributed by atoms with Crippen molar-refractivity contribution in [2.75, 3.05) is 26.7 Å². The van der Waals surface area contributed by atoms with Gasteiger partial charge >= 0.3 is 0 Å². The monoisotopic (exact) mass is 182 g/mol. The lowest BCUT2D eigenvalue weighted by atomic mass is 9.97. The molecular formula is C11H22N2. The molecule has 0 radical (unpaired) electrons. The first kappa shape index (κ1) is 10.7. The summed E-state index contributed by atoms with van der Waals surface area (Å²) < 4.78 is 0. The first-order chi connectivity index (χ1) is 6.24. The van der Waals surface area contributed by atoms with Gasteiger partial charge in [0.25, 0.3) is 0 Å². The highest BCUT2D eigenvalue weighted by molar-refractivity contribution is 4.84. The van der Waals surface area contributed by atoms with Crippen LogP contribution in [0.5, 0.6) is 0 Å². The highest BCUT2D eigenvalue weighted by atomic mass is 15.1. The van der Waals surface area contributed by atoms with Crippen molar-refractivity contribution in [1.29, 1.82) is 0 Å². The third-order valence-corrected chi connectivity index (χ3v) is 3.04. The van der Waals surface area contributed by atoms with Gasteiger partial charge in [0.15, 0.2) is 0 Å². The first-order valence-electron chi connectivity index (χ1n) is 5.27. The number of hydrogen-bond acceptors (Lipinski definition) is 2. The fourth-order valence-corrected chi connectivity index (χ4v) is 1.82. The Hall–Kier alpha value is -0.340. The molecule has 0 spiro atoms. The number of nitrogens with one attached hydrogen (secondary N) is 1. The zero-order valence-electron chi connectivity index (χ0n) is 8.92. The standard InChI is InChI=1S/C11H22N2/c1-4-10(2)13(3)9-11-5-7-12-8-6-11/h4,10-12H,1,5-9H2,2-3H3. The molecule has 0 aromatic heterocycles. The van der Waals surface area contributed by atoms with Gasteiger partial charge in [-0.1, -0.05) is 6.08 Å². The van der Waals surface area contributed by atoms with Crippen LogP contribution in [-0.4, -0.2) is 37.6 Å². The lowest BCUT2D eigenvalue weighted by molar-refractivity contribution is 0.219. The molecule has 0 aromatic rings. The van der Waals surface area contributed by atoms with Crippen molar-refractivity contribution >= 4 is 0 Å². The molecular weight excluding hydrogens is 160 g/mol. The summed E-state index contributed by atoms with van der Waals surface area (Å²) in [5.41, 5.74) is 0. The van der Waals surface area contributed by atoms with E-state index in [1.807, 2.05) is 6.08 Å². The number of nitrogens with zero attached hydrogens (tertiary/aromatic N) is 1. The van der Waals surface area contributed by atoms with E-state index in [0.29, 0.717) is 6.04 Å². The maximum atomic E-state index is 3.82. The van der Waals surface area contributed by atoms with E-state index >= 15 is 0 Å². The maximum absolute atomic E-state index is 3.82. The van der Waals surface area contributed by atoms with Crippen molar-refractivity contribution < 1.29 is 0 Å². The Kier molecular flexibility index (Phi) is 4.46. The molecule has 2 heteroatoms. The van der Waals surface area contributed by atoms with Crippen molar-refractivity contribution in [3.63, 3.8) is 0 Å². The molecule has 0 aliphatic carbocycles. The van der Waals surface area contributed by atoms with Crippen LogP contribution in [0.1, 0.15) is 19.8 Å². The van der Waals surface area contributed by atoms with Gasteiger partial charge in [-0.15, -0.1) is 6.58 Å². The zero-order valence-corrected chi connectivity index (χ0v) is 8.92. The SMILES string of the molecule is C=CC(C)N(C)CC1CCNCC1. The largest absolute Gasteiger partial charge is 0.317 e. The Morgan fingerprint density at radius 2 is 2.15 bits per heavy atom. The van der Waals surface area contributed by atoms with Crippen molar-refractivity contribution in [2.24, 2.45) is 5.92 Å². The zero-order chi connectivity index (χ0) is 9.68. The molecule has 0 saturated carbocycles. The molecule has 0 aromatic carbocycles. The van der Waals surface area contributed by atoms with Gasteiger partial charge in [0.2, 0.25) is 0 Å². The topological polar surface area (TPSA) is 15.3 Å². The molecule has 1 rings (SSSR count). The van der Waals surface area contributed by atoms with Crippen molar-refractivity contribution in [3.8, 4) is 0 Å². The molecule has 76 valence electrons. The summed E-state index contributed by atoms with van der Waals surface area (Å²) in [6.45, 7) is 9.63. The molecule has 2 nitrogen and oxygen atoms in total. The summed E-state index contributed by atoms with van der Waals surface area (Å²) in [6, 6.07) is 0.509. The lowest BCUT2D eigenvalue weighted by Crippen LogP contribution is -2.37. The van der Waals surface area contributed by atoms with E-state index in [9.17, 15) is 0 Å². The Morgan fingerprint density at radius 1 is 1.54 bits per heavy atom. The summed E-state index contributed by atoms with van der Waals surface area (Å²) in [4.78, 5) is 2.39. The third kappa shape index (κ3) is 3.49. The van der Waals surface area contributed by atoms with Gasteiger partial charge in [0.1, 0.15) is 0 Å². The van der Waals surface area contributed by atoms with Crippen LogP contribution in [0.4, 0.5) is 0 Å². The van der Waals surface area contributed by atoms with Crippen LogP contribution in [0.25, 0.3) is 0 Å². The van der Waals surface area contributed by atoms with E-state index in [-0.39, 0.29) is 0 Å². The normalized spacial score (nSPS) is 21.8. The Morgan fingerprint density at radius 3 is 2.69 bits per heavy atom. The van der Waals surface area contributed by atoms with Crippen LogP contribution in [-0.2, 0) is 0 Å². The second-order valence-electron chi connectivity index (χ2n) is 4.11. The van der Waals surface area contributed by atoms with E-state index in [0.717, 1.165) is 5.92 Å². The first-order valence-corrected chi connectivity index (χ1v) is 5.27. The minimum atomic E-state index is 0.509. The smallest absolute Gasteiger partial charge is 0.0244 e. The number of rotatable bonds is 4. The van der Waals surface area contributed by atoms with Crippen molar-refractivity contribution in [2.45, 2.75) is 25.8 Å². The summed E-state index contributed by atoms with van der Waals surface area (Å²) >= 11 is 0. The van der Waals surface area contributed by atoms with Gasteiger partial charge in [0.05, 0.1) is 0 Å². The minimum Gasteiger partial charge on any atom is -0.317 e. The molecule has 1 unspecified atom stereocenters. The molecule has 0 amide bonds. The van der Waals surface area contributed by atoms with Gasteiger partial charge in [-0.25, -0.2) is 0 Å². The molecule has 1 heterocycles. The predicted octanol–water partition coefficient (Wildman–Crippen LogP) is 1.49. The average Bonchev–Trinajstić information content (AvgIpc) is 2.18. The molecule has 0 bridgehead atoms. The third-order valence-electron chi connectivity index (χ3n) is 3.04. The van der Waals surface area contributed by atoms with Gasteiger partial charge in [0, 0.05) is 12.6 Å². The number of likely N-dealkylation sites (N-methyl/N-ethyl adjacent to an activating group) is 1. The highest BCUT2D eigenvalue weighted by Crippen LogP contribution is 2.13. The van der Waals surface area contributed by atoms with Crippen molar-refractivity contribution in [1.82, 2.24) is 10.2 Å². The van der Waals surface area contributed by atoms with Gasteiger partial charge in [-0.2, -0.15) is 0 Å². The van der Waals surface area contributed by atoms with Crippen molar-refractivity contribution in [3.05, 3.63) is 12.7 Å². The second-order valence-corrected chi connectivity index (χ2v) is 4.11. The van der Waals surface area contributed by atoms with Crippen LogP contribution >= 0.6 is 0 Å². The summed E-state index contributed by atoms with van der Waals surface area (Å²) in [5.74, 6) is 0.883. The number of piperidine rings is 1. The molecule has 1 saturated heterocycles. The summed E-state index contributed by atoms with van der Waals surface area (Å²) in [5, 5.41) is 3.39. The second kappa shape index (κ2) is 5.40. The van der Waals surface area contributed by atoms with Gasteiger partial charge < -0.3 is 5.32 Å². The molecule has 1 atom stereocenters. The molecule has 1 fully saturated rings. The highest BCUT2D eigenvalue weighted by Gasteiger charge is 2.16. The van der Waals surface area contributed by atoms with Crippen LogP contribution in [0.2, 0.25) is 0 Å². The molecule has 13 heavy (non-hydrogen) atoms. The summed E-state index contributed by atoms with van der Waals surface area (Å²) in [6.07, 6.45) is 4.67. The van der Waals surface area contributed by atoms with Crippen LogP contribution in [0.3, 0.4) is 0 Å². The average molecular weight is 182 g/mol. The Bertz CT molecular complexity index is 150. The molecule has 1 N–H and O–H groups in total. The Labute approximate surface area is 82.0 Å². The minimum absolute atomic E-state index is 0.509. The molecule has 1 aliphatic heterocycles. The van der Waals surface area contributed by atoms with Gasteiger partial charge in [-0.3, -0.25) is 4.90 Å². The fraction of sp³-hybridized carbons (Fsp3) is 0.818. The van der Waals surface area contributed by atoms with E-state index in [1.165, 1.54) is 32.5 Å². The molecule has 1 aliphatic rings. The number of hydrogen-bond donors (Lipinski definition) is 1. The van der Waals surface area contributed by atoms with E-state index in [4.69, 9.17) is 0 Å². The van der Waals surface area contributed by atoms with E-state index in [2.05, 4.69) is 30.8 Å². The summed E-state index contributed by atoms with van der Waals surface area (Å²) in [7, 11) is 2.19. The Balaban J connectivity index is 2.25. The van der Waals surface area contributed by atoms with Gasteiger partial charge in [-0.05, 0) is 45.8 Å². The van der Waals surface area contributed by atoms with E-state index < -0.39 is 0 Å². The predicted molar refractivity (Wildman–Crippen MR) is 57.9 cm³/mol. The fourth-order valence-electron chi connectivity index (χ4n) is 1.82. The maximum Gasteiger partial charge on any atom is 0.0244 e. The lowest BCUT2D eigenvalue weighted by Gasteiger charge is -2.29. The van der Waals surface area contributed by atoms with Crippen LogP contribution < -0.4 is 5.32 Å². The van der Waals surface area contributed by atoms with Crippen LogP contribution in [0, 0.1) is 5.92 Å². The quantitative estimate of drug-likeness (QED) is 0.663. The van der Waals surface area contributed by atoms with Crippen LogP contribution in [0.15, 0.2) is 12.7 Å². The van der Waals surface area contributed by atoms with E-state index in [1.54, 1.807) is 0 Å².